The van der Waals surface area contributed by atoms with Gasteiger partial charge in [0.1, 0.15) is 12.2 Å². The van der Waals surface area contributed by atoms with Gasteiger partial charge in [0.15, 0.2) is 0 Å². The average molecular weight is 249 g/mol. The Hall–Kier alpha value is -1.84. The van der Waals surface area contributed by atoms with E-state index in [0.717, 1.165) is 11.3 Å². The first kappa shape index (κ1) is 14.2. The third kappa shape index (κ3) is 4.57. The maximum Gasteiger partial charge on any atom is 0.313 e. The number of rotatable bonds is 6. The molecule has 0 atom stereocenters. The van der Waals surface area contributed by atoms with E-state index in [1.54, 1.807) is 6.92 Å². The van der Waals surface area contributed by atoms with E-state index in [4.69, 9.17) is 4.74 Å². The Labute approximate surface area is 108 Å². The van der Waals surface area contributed by atoms with Crippen LogP contribution >= 0.6 is 0 Å². The van der Waals surface area contributed by atoms with Crippen molar-refractivity contribution in [3.63, 3.8) is 0 Å². The van der Waals surface area contributed by atoms with E-state index in [9.17, 15) is 9.59 Å². The van der Waals surface area contributed by atoms with E-state index >= 15 is 0 Å². The van der Waals surface area contributed by atoms with Gasteiger partial charge in [-0.3, -0.25) is 9.59 Å². The molecule has 0 fully saturated rings. The molecule has 0 spiro atoms. The van der Waals surface area contributed by atoms with E-state index < -0.39 is 5.97 Å². The molecule has 1 rings (SSSR count). The summed E-state index contributed by atoms with van der Waals surface area (Å²) in [6.45, 7) is 2.03. The first-order valence-corrected chi connectivity index (χ1v) is 5.96. The summed E-state index contributed by atoms with van der Waals surface area (Å²) in [6, 6.07) is 7.71. The van der Waals surface area contributed by atoms with Crippen LogP contribution in [0, 0.1) is 0 Å². The van der Waals surface area contributed by atoms with E-state index in [0.29, 0.717) is 6.61 Å². The van der Waals surface area contributed by atoms with Gasteiger partial charge in [-0.1, -0.05) is 12.1 Å². The number of ether oxygens (including phenoxy) is 1. The van der Waals surface area contributed by atoms with Crippen LogP contribution in [0.15, 0.2) is 24.3 Å². The summed E-state index contributed by atoms with van der Waals surface area (Å²) in [7, 11) is 3.92. The molecule has 0 aliphatic rings. The number of nitrogens with zero attached hydrogens (tertiary/aromatic N) is 1. The topological polar surface area (TPSA) is 46.6 Å². The monoisotopic (exact) mass is 249 g/mol. The van der Waals surface area contributed by atoms with Gasteiger partial charge in [0.05, 0.1) is 6.61 Å². The van der Waals surface area contributed by atoms with Gasteiger partial charge in [-0.05, 0) is 24.6 Å². The summed E-state index contributed by atoms with van der Waals surface area (Å²) in [6.07, 6.45) is 0.121. The van der Waals surface area contributed by atoms with Gasteiger partial charge in [-0.25, -0.2) is 0 Å². The zero-order valence-electron chi connectivity index (χ0n) is 11.1. The van der Waals surface area contributed by atoms with E-state index in [2.05, 4.69) is 0 Å². The van der Waals surface area contributed by atoms with Gasteiger partial charge in [-0.15, -0.1) is 0 Å². The van der Waals surface area contributed by atoms with Crippen LogP contribution in [0.3, 0.4) is 0 Å². The van der Waals surface area contributed by atoms with Crippen LogP contribution in [-0.2, 0) is 20.7 Å². The van der Waals surface area contributed by atoms with Gasteiger partial charge >= 0.3 is 5.97 Å². The Morgan fingerprint density at radius 1 is 1.17 bits per heavy atom. The van der Waals surface area contributed by atoms with Crippen molar-refractivity contribution in [3.05, 3.63) is 29.8 Å². The second-order valence-corrected chi connectivity index (χ2v) is 4.26. The third-order valence-corrected chi connectivity index (χ3v) is 2.50. The SMILES string of the molecule is CCOC(=O)CC(=O)Cc1ccc(N(C)C)cc1. The van der Waals surface area contributed by atoms with Crippen molar-refractivity contribution in [3.8, 4) is 0 Å². The second kappa shape index (κ2) is 6.79. The minimum atomic E-state index is -0.451. The maximum absolute atomic E-state index is 11.6. The van der Waals surface area contributed by atoms with Crippen molar-refractivity contribution in [2.75, 3.05) is 25.6 Å². The minimum absolute atomic E-state index is 0.119. The summed E-state index contributed by atoms with van der Waals surface area (Å²) in [4.78, 5) is 24.7. The number of carbonyl (C=O) groups excluding carboxylic acids is 2. The average Bonchev–Trinajstić information content (AvgIpc) is 2.29. The van der Waals surface area contributed by atoms with Gasteiger partial charge in [-0.2, -0.15) is 0 Å². The quantitative estimate of drug-likeness (QED) is 0.570. The van der Waals surface area contributed by atoms with Crippen LogP contribution in [-0.4, -0.2) is 32.5 Å². The number of anilines is 1. The Morgan fingerprint density at radius 2 is 1.78 bits per heavy atom. The predicted molar refractivity (Wildman–Crippen MR) is 70.7 cm³/mol. The largest absolute Gasteiger partial charge is 0.466 e. The maximum atomic E-state index is 11.6. The van der Waals surface area contributed by atoms with Crippen LogP contribution in [0.1, 0.15) is 18.9 Å². The molecule has 0 saturated carbocycles. The Morgan fingerprint density at radius 3 is 2.28 bits per heavy atom. The highest BCUT2D eigenvalue weighted by atomic mass is 16.5. The molecule has 0 amide bonds. The molecule has 1 aromatic rings. The number of Topliss-reactive ketones (excluding diaryl/α,β-unsaturated/α-hetero) is 1. The van der Waals surface area contributed by atoms with E-state index in [1.165, 1.54) is 0 Å². The van der Waals surface area contributed by atoms with E-state index in [1.807, 2.05) is 43.3 Å². The fourth-order valence-corrected chi connectivity index (χ4v) is 1.58. The van der Waals surface area contributed by atoms with Crippen molar-refractivity contribution in [2.45, 2.75) is 19.8 Å². The van der Waals surface area contributed by atoms with Crippen molar-refractivity contribution in [1.82, 2.24) is 0 Å². The molecule has 0 saturated heterocycles. The zero-order valence-corrected chi connectivity index (χ0v) is 11.1. The molecule has 0 unspecified atom stereocenters. The molecule has 0 aromatic heterocycles. The Kier molecular flexibility index (Phi) is 5.36. The molecule has 0 aliphatic heterocycles. The smallest absolute Gasteiger partial charge is 0.313 e. The van der Waals surface area contributed by atoms with Crippen LogP contribution < -0.4 is 4.90 Å². The summed E-state index contributed by atoms with van der Waals surface area (Å²) in [5, 5.41) is 0. The first-order valence-electron chi connectivity index (χ1n) is 5.96. The lowest BCUT2D eigenvalue weighted by Gasteiger charge is -2.12. The molecule has 0 heterocycles. The molecular weight excluding hydrogens is 230 g/mol. The molecule has 4 heteroatoms. The highest BCUT2D eigenvalue weighted by molar-refractivity contribution is 5.96. The lowest BCUT2D eigenvalue weighted by Crippen LogP contribution is -2.13. The standard InChI is InChI=1S/C14H19NO3/c1-4-18-14(17)10-13(16)9-11-5-7-12(8-6-11)15(2)3/h5-8H,4,9-10H2,1-3H3. The molecule has 4 nitrogen and oxygen atoms in total. The Balaban J connectivity index is 2.52. The molecule has 18 heavy (non-hydrogen) atoms. The number of esters is 1. The number of benzene rings is 1. The fourth-order valence-electron chi connectivity index (χ4n) is 1.58. The summed E-state index contributed by atoms with van der Waals surface area (Å²) >= 11 is 0. The first-order chi connectivity index (χ1) is 8.52. The van der Waals surface area contributed by atoms with Crippen LogP contribution in [0.25, 0.3) is 0 Å². The summed E-state index contributed by atoms with van der Waals surface area (Å²) < 4.78 is 4.73. The van der Waals surface area contributed by atoms with Crippen molar-refractivity contribution in [1.29, 1.82) is 0 Å². The number of hydrogen-bond acceptors (Lipinski definition) is 4. The van der Waals surface area contributed by atoms with Crippen molar-refractivity contribution >= 4 is 17.4 Å². The lowest BCUT2D eigenvalue weighted by atomic mass is 10.1. The van der Waals surface area contributed by atoms with Gasteiger partial charge in [0.25, 0.3) is 0 Å². The summed E-state index contributed by atoms with van der Waals surface area (Å²) in [5.41, 5.74) is 1.99. The van der Waals surface area contributed by atoms with E-state index in [-0.39, 0.29) is 18.6 Å². The highest BCUT2D eigenvalue weighted by Crippen LogP contribution is 2.13. The predicted octanol–water partition coefficient (Wildman–Crippen LogP) is 1.82. The van der Waals surface area contributed by atoms with Crippen LogP contribution in [0.4, 0.5) is 5.69 Å². The number of ketones is 1. The highest BCUT2D eigenvalue weighted by Gasteiger charge is 2.10. The van der Waals surface area contributed by atoms with Gasteiger partial charge < -0.3 is 9.64 Å². The molecule has 0 aliphatic carbocycles. The number of carbonyl (C=O) groups is 2. The normalized spacial score (nSPS) is 9.94. The van der Waals surface area contributed by atoms with Crippen LogP contribution in [0.2, 0.25) is 0 Å². The molecule has 0 bridgehead atoms. The molecule has 0 radical (unpaired) electrons. The Bertz CT molecular complexity index is 410. The zero-order chi connectivity index (χ0) is 13.5. The van der Waals surface area contributed by atoms with Crippen molar-refractivity contribution in [2.24, 2.45) is 0 Å². The lowest BCUT2D eigenvalue weighted by molar-refractivity contribution is -0.145. The van der Waals surface area contributed by atoms with Gasteiger partial charge in [0.2, 0.25) is 0 Å². The van der Waals surface area contributed by atoms with Crippen molar-refractivity contribution < 1.29 is 14.3 Å². The van der Waals surface area contributed by atoms with Crippen LogP contribution in [0.5, 0.6) is 0 Å². The summed E-state index contributed by atoms with van der Waals surface area (Å²) in [5.74, 6) is -0.571. The minimum Gasteiger partial charge on any atom is -0.466 e. The molecule has 98 valence electrons. The molecule has 0 N–H and O–H groups in total. The fraction of sp³-hybridized carbons (Fsp3) is 0.429. The van der Waals surface area contributed by atoms with Gasteiger partial charge in [0, 0.05) is 26.2 Å². The third-order valence-electron chi connectivity index (χ3n) is 2.50. The molecule has 1 aromatic carbocycles. The second-order valence-electron chi connectivity index (χ2n) is 4.26. The molecular formula is C14H19NO3. The number of hydrogen-bond donors (Lipinski definition) is 0.